The van der Waals surface area contributed by atoms with Crippen molar-refractivity contribution in [2.45, 2.75) is 52.6 Å². The van der Waals surface area contributed by atoms with Gasteiger partial charge >= 0.3 is 0 Å². The van der Waals surface area contributed by atoms with Crippen LogP contribution in [0.5, 0.6) is 0 Å². The van der Waals surface area contributed by atoms with Gasteiger partial charge in [-0.2, -0.15) is 0 Å². The summed E-state index contributed by atoms with van der Waals surface area (Å²) in [6.07, 6.45) is 2.42. The number of carbonyl (C=O) groups excluding carboxylic acids is 1. The molecule has 1 aliphatic rings. The number of likely N-dealkylation sites (tertiary alicyclic amines) is 1. The molecule has 17 heavy (non-hydrogen) atoms. The molecule has 0 bridgehead atoms. The molecule has 1 heterocycles. The lowest BCUT2D eigenvalue weighted by Crippen LogP contribution is -2.51. The fourth-order valence-electron chi connectivity index (χ4n) is 2.26. The van der Waals surface area contributed by atoms with Crippen LogP contribution in [0.15, 0.2) is 0 Å². The third kappa shape index (κ3) is 3.96. The van der Waals surface area contributed by atoms with Gasteiger partial charge in [-0.25, -0.2) is 0 Å². The Morgan fingerprint density at radius 3 is 2.71 bits per heavy atom. The summed E-state index contributed by atoms with van der Waals surface area (Å²) in [5.74, 6) is -0.0274. The Kier molecular flexibility index (Phi) is 4.95. The molecule has 0 aromatic rings. The molecule has 3 N–H and O–H groups in total. The first kappa shape index (κ1) is 14.5. The molecule has 2 atom stereocenters. The second kappa shape index (κ2) is 5.83. The van der Waals surface area contributed by atoms with Crippen LogP contribution in [0.4, 0.5) is 0 Å². The van der Waals surface area contributed by atoms with Gasteiger partial charge < -0.3 is 11.1 Å². The Balaban J connectivity index is 2.38. The lowest BCUT2D eigenvalue weighted by Gasteiger charge is -2.28. The van der Waals surface area contributed by atoms with Crippen LogP contribution < -0.4 is 11.1 Å². The molecule has 0 aliphatic carbocycles. The van der Waals surface area contributed by atoms with Crippen molar-refractivity contribution in [2.24, 2.45) is 11.1 Å². The van der Waals surface area contributed by atoms with Gasteiger partial charge in [-0.1, -0.05) is 27.7 Å². The van der Waals surface area contributed by atoms with Crippen LogP contribution >= 0.6 is 0 Å². The van der Waals surface area contributed by atoms with E-state index in [4.69, 9.17) is 5.73 Å². The maximum atomic E-state index is 11.9. The molecule has 0 aromatic heterocycles. The average Bonchev–Trinajstić information content (AvgIpc) is 2.70. The summed E-state index contributed by atoms with van der Waals surface area (Å²) < 4.78 is 0. The molecule has 0 aromatic carbocycles. The predicted octanol–water partition coefficient (Wildman–Crippen LogP) is 0.960. The third-order valence-electron chi connectivity index (χ3n) is 3.63. The molecule has 0 spiro atoms. The molecule has 4 nitrogen and oxygen atoms in total. The van der Waals surface area contributed by atoms with Gasteiger partial charge in [0.25, 0.3) is 0 Å². The van der Waals surface area contributed by atoms with Crippen LogP contribution in [0.2, 0.25) is 0 Å². The maximum absolute atomic E-state index is 11.9. The standard InChI is InChI=1S/C13H27N3O/c1-5-16-8-6-7-10(16)9-15-12(17)11(14)13(2,3)4/h10-11H,5-9,14H2,1-4H3,(H,15,17)/t10?,11-/m1/s1. The molecular weight excluding hydrogens is 214 g/mol. The minimum absolute atomic E-state index is 0.0274. The molecule has 1 fully saturated rings. The predicted molar refractivity (Wildman–Crippen MR) is 70.7 cm³/mol. The summed E-state index contributed by atoms with van der Waals surface area (Å²) >= 11 is 0. The highest BCUT2D eigenvalue weighted by molar-refractivity contribution is 5.82. The van der Waals surface area contributed by atoms with Crippen molar-refractivity contribution in [1.29, 1.82) is 0 Å². The first-order valence-corrected chi connectivity index (χ1v) is 6.63. The quantitative estimate of drug-likeness (QED) is 0.771. The normalized spacial score (nSPS) is 23.7. The van der Waals surface area contributed by atoms with E-state index >= 15 is 0 Å². The van der Waals surface area contributed by atoms with Crippen molar-refractivity contribution >= 4 is 5.91 Å². The van der Waals surface area contributed by atoms with E-state index in [9.17, 15) is 4.79 Å². The highest BCUT2D eigenvalue weighted by Gasteiger charge is 2.29. The largest absolute Gasteiger partial charge is 0.353 e. The lowest BCUT2D eigenvalue weighted by molar-refractivity contribution is -0.124. The Morgan fingerprint density at radius 1 is 1.53 bits per heavy atom. The maximum Gasteiger partial charge on any atom is 0.237 e. The van der Waals surface area contributed by atoms with E-state index in [1.807, 2.05) is 20.8 Å². The zero-order valence-electron chi connectivity index (χ0n) is 11.6. The third-order valence-corrected chi connectivity index (χ3v) is 3.63. The minimum Gasteiger partial charge on any atom is -0.353 e. The smallest absolute Gasteiger partial charge is 0.237 e. The highest BCUT2D eigenvalue weighted by atomic mass is 16.2. The van der Waals surface area contributed by atoms with Gasteiger partial charge in [0.15, 0.2) is 0 Å². The van der Waals surface area contributed by atoms with E-state index in [1.54, 1.807) is 0 Å². The van der Waals surface area contributed by atoms with Crippen molar-refractivity contribution in [2.75, 3.05) is 19.6 Å². The summed E-state index contributed by atoms with van der Waals surface area (Å²) in [6, 6.07) is 0.0649. The van der Waals surface area contributed by atoms with Crippen molar-refractivity contribution < 1.29 is 4.79 Å². The number of amides is 1. The Labute approximate surface area is 105 Å². The number of nitrogens with two attached hydrogens (primary N) is 1. The van der Waals surface area contributed by atoms with E-state index in [0.717, 1.165) is 19.6 Å². The molecule has 0 radical (unpaired) electrons. The van der Waals surface area contributed by atoms with Crippen molar-refractivity contribution in [3.63, 3.8) is 0 Å². The number of carbonyl (C=O) groups is 1. The fraction of sp³-hybridized carbons (Fsp3) is 0.923. The molecule has 1 aliphatic heterocycles. The number of nitrogens with one attached hydrogen (secondary N) is 1. The number of hydrogen-bond acceptors (Lipinski definition) is 3. The summed E-state index contributed by atoms with van der Waals surface area (Å²) in [5, 5.41) is 2.99. The van der Waals surface area contributed by atoms with Gasteiger partial charge in [-0.15, -0.1) is 0 Å². The van der Waals surface area contributed by atoms with E-state index in [0.29, 0.717) is 6.04 Å². The molecule has 100 valence electrons. The van der Waals surface area contributed by atoms with Crippen molar-refractivity contribution in [3.8, 4) is 0 Å². The fourth-order valence-corrected chi connectivity index (χ4v) is 2.26. The zero-order valence-corrected chi connectivity index (χ0v) is 11.6. The van der Waals surface area contributed by atoms with Gasteiger partial charge in [0.2, 0.25) is 5.91 Å². The minimum atomic E-state index is -0.432. The van der Waals surface area contributed by atoms with Gasteiger partial charge in [-0.05, 0) is 31.3 Å². The van der Waals surface area contributed by atoms with Crippen LogP contribution in [-0.4, -0.2) is 42.5 Å². The van der Waals surface area contributed by atoms with Crippen molar-refractivity contribution in [3.05, 3.63) is 0 Å². The number of rotatable bonds is 4. The molecular formula is C13H27N3O. The molecule has 1 amide bonds. The summed E-state index contributed by atoms with van der Waals surface area (Å²) in [4.78, 5) is 14.3. The second-order valence-corrected chi connectivity index (χ2v) is 6.01. The summed E-state index contributed by atoms with van der Waals surface area (Å²) in [5.41, 5.74) is 5.74. The molecule has 0 saturated carbocycles. The zero-order chi connectivity index (χ0) is 13.1. The molecule has 1 rings (SSSR count). The van der Waals surface area contributed by atoms with Crippen LogP contribution in [-0.2, 0) is 4.79 Å². The average molecular weight is 241 g/mol. The first-order chi connectivity index (χ1) is 7.86. The van der Waals surface area contributed by atoms with E-state index < -0.39 is 6.04 Å². The van der Waals surface area contributed by atoms with Crippen molar-refractivity contribution in [1.82, 2.24) is 10.2 Å². The van der Waals surface area contributed by atoms with Gasteiger partial charge in [0.1, 0.15) is 0 Å². The van der Waals surface area contributed by atoms with Gasteiger partial charge in [0, 0.05) is 12.6 Å². The number of hydrogen-bond donors (Lipinski definition) is 2. The SMILES string of the molecule is CCN1CCCC1CNC(=O)[C@@H](N)C(C)(C)C. The van der Waals surface area contributed by atoms with Crippen LogP contribution in [0, 0.1) is 5.41 Å². The van der Waals surface area contributed by atoms with Crippen LogP contribution in [0.3, 0.4) is 0 Å². The van der Waals surface area contributed by atoms with E-state index in [1.165, 1.54) is 12.8 Å². The monoisotopic (exact) mass is 241 g/mol. The number of likely N-dealkylation sites (N-methyl/N-ethyl adjacent to an activating group) is 1. The molecule has 1 saturated heterocycles. The van der Waals surface area contributed by atoms with Gasteiger partial charge in [0.05, 0.1) is 6.04 Å². The van der Waals surface area contributed by atoms with E-state index in [2.05, 4.69) is 17.1 Å². The second-order valence-electron chi connectivity index (χ2n) is 6.01. The van der Waals surface area contributed by atoms with Crippen LogP contribution in [0.1, 0.15) is 40.5 Å². The lowest BCUT2D eigenvalue weighted by atomic mass is 9.87. The molecule has 4 heteroatoms. The van der Waals surface area contributed by atoms with Gasteiger partial charge in [-0.3, -0.25) is 9.69 Å². The first-order valence-electron chi connectivity index (χ1n) is 6.63. The summed E-state index contributed by atoms with van der Waals surface area (Å²) in [6.45, 7) is 11.1. The Bertz CT molecular complexity index is 260. The molecule has 1 unspecified atom stereocenters. The topological polar surface area (TPSA) is 58.4 Å². The Hall–Kier alpha value is -0.610. The Morgan fingerprint density at radius 2 is 2.18 bits per heavy atom. The van der Waals surface area contributed by atoms with E-state index in [-0.39, 0.29) is 11.3 Å². The summed E-state index contributed by atoms with van der Waals surface area (Å²) in [7, 11) is 0. The highest BCUT2D eigenvalue weighted by Crippen LogP contribution is 2.18. The van der Waals surface area contributed by atoms with Crippen LogP contribution in [0.25, 0.3) is 0 Å². The number of nitrogens with zero attached hydrogens (tertiary/aromatic N) is 1.